The first kappa shape index (κ1) is 17.3. The van der Waals surface area contributed by atoms with E-state index >= 15 is 0 Å². The van der Waals surface area contributed by atoms with Crippen LogP contribution in [0.2, 0.25) is 0 Å². The molecule has 0 radical (unpaired) electrons. The average Bonchev–Trinajstić information content (AvgIpc) is 3.28. The number of likely N-dealkylation sites (tertiary alicyclic amines) is 1. The number of aromatic nitrogens is 3. The van der Waals surface area contributed by atoms with E-state index in [0.29, 0.717) is 12.3 Å². The van der Waals surface area contributed by atoms with Gasteiger partial charge < -0.3 is 9.64 Å². The number of hydrogen-bond donors (Lipinski definition) is 0. The Morgan fingerprint density at radius 3 is 2.85 bits per heavy atom. The van der Waals surface area contributed by atoms with Crippen molar-refractivity contribution in [3.05, 3.63) is 72.9 Å². The molecule has 1 saturated heterocycles. The zero-order valence-electron chi connectivity index (χ0n) is 15.1. The second-order valence-corrected chi connectivity index (χ2v) is 6.67. The number of carbonyl (C=O) groups is 1. The number of benzene rings is 1. The lowest BCUT2D eigenvalue weighted by atomic mass is 9.94. The van der Waals surface area contributed by atoms with E-state index in [2.05, 4.69) is 4.98 Å². The molecule has 1 amide bonds. The van der Waals surface area contributed by atoms with Gasteiger partial charge in [0.15, 0.2) is 6.61 Å². The van der Waals surface area contributed by atoms with Crippen LogP contribution in [0, 0.1) is 0 Å². The average molecular weight is 362 g/mol. The summed E-state index contributed by atoms with van der Waals surface area (Å²) in [4.78, 5) is 23.3. The second-order valence-electron chi connectivity index (χ2n) is 6.67. The Hall–Kier alpha value is -3.15. The largest absolute Gasteiger partial charge is 0.484 e. The van der Waals surface area contributed by atoms with Crippen molar-refractivity contribution >= 4 is 5.91 Å². The van der Waals surface area contributed by atoms with Gasteiger partial charge in [0.1, 0.15) is 17.9 Å². The van der Waals surface area contributed by atoms with Gasteiger partial charge in [-0.05, 0) is 37.1 Å². The van der Waals surface area contributed by atoms with Gasteiger partial charge in [-0.3, -0.25) is 9.36 Å². The molecule has 1 atom stereocenters. The fourth-order valence-corrected chi connectivity index (χ4v) is 3.40. The Morgan fingerprint density at radius 1 is 1.15 bits per heavy atom. The lowest BCUT2D eigenvalue weighted by molar-refractivity contribution is -0.134. The van der Waals surface area contributed by atoms with Crippen molar-refractivity contribution in [2.24, 2.45) is 0 Å². The molecule has 1 aliphatic rings. The molecule has 0 saturated carbocycles. The third kappa shape index (κ3) is 4.16. The fourth-order valence-electron chi connectivity index (χ4n) is 3.40. The topological polar surface area (TPSA) is 60.2 Å². The molecular formula is C21H22N4O2. The molecule has 6 nitrogen and oxygen atoms in total. The minimum atomic E-state index is 0.0225. The zero-order valence-corrected chi connectivity index (χ0v) is 15.1. The van der Waals surface area contributed by atoms with Crippen LogP contribution in [-0.4, -0.2) is 45.0 Å². The van der Waals surface area contributed by atoms with E-state index in [4.69, 9.17) is 9.72 Å². The molecule has 1 fully saturated rings. The molecular weight excluding hydrogens is 340 g/mol. The highest BCUT2D eigenvalue weighted by Crippen LogP contribution is 2.26. The van der Waals surface area contributed by atoms with E-state index in [9.17, 15) is 4.79 Å². The molecule has 6 heteroatoms. The number of rotatable bonds is 5. The summed E-state index contributed by atoms with van der Waals surface area (Å²) in [5, 5.41) is 0. The monoisotopic (exact) mass is 362 g/mol. The van der Waals surface area contributed by atoms with Crippen molar-refractivity contribution < 1.29 is 9.53 Å². The third-order valence-corrected chi connectivity index (χ3v) is 4.82. The van der Waals surface area contributed by atoms with Gasteiger partial charge in [-0.1, -0.05) is 24.3 Å². The van der Waals surface area contributed by atoms with Crippen LogP contribution in [0.25, 0.3) is 5.82 Å². The first-order valence-corrected chi connectivity index (χ1v) is 9.20. The summed E-state index contributed by atoms with van der Waals surface area (Å²) in [6.45, 7) is 1.52. The van der Waals surface area contributed by atoms with Gasteiger partial charge in [-0.15, -0.1) is 0 Å². The maximum absolute atomic E-state index is 12.6. The summed E-state index contributed by atoms with van der Waals surface area (Å²) in [5.74, 6) is 1.83. The van der Waals surface area contributed by atoms with E-state index < -0.39 is 0 Å². The molecule has 4 rings (SSSR count). The molecule has 0 bridgehead atoms. The van der Waals surface area contributed by atoms with Crippen LogP contribution in [0.4, 0.5) is 0 Å². The van der Waals surface area contributed by atoms with Crippen molar-refractivity contribution in [3.8, 4) is 11.6 Å². The number of piperidine rings is 1. The first-order valence-electron chi connectivity index (χ1n) is 9.20. The van der Waals surface area contributed by atoms with Gasteiger partial charge in [0.2, 0.25) is 0 Å². The predicted octanol–water partition coefficient (Wildman–Crippen LogP) is 3.05. The van der Waals surface area contributed by atoms with Crippen LogP contribution in [0.3, 0.4) is 0 Å². The summed E-state index contributed by atoms with van der Waals surface area (Å²) >= 11 is 0. The van der Waals surface area contributed by atoms with Gasteiger partial charge in [-0.25, -0.2) is 9.97 Å². The molecule has 1 aliphatic heterocycles. The highest BCUT2D eigenvalue weighted by molar-refractivity contribution is 5.78. The normalized spacial score (nSPS) is 16.9. The summed E-state index contributed by atoms with van der Waals surface area (Å²) < 4.78 is 7.50. The number of amides is 1. The van der Waals surface area contributed by atoms with Crippen LogP contribution < -0.4 is 4.74 Å². The van der Waals surface area contributed by atoms with Gasteiger partial charge >= 0.3 is 0 Å². The lowest BCUT2D eigenvalue weighted by Crippen LogP contribution is -2.41. The Balaban J connectivity index is 1.40. The summed E-state index contributed by atoms with van der Waals surface area (Å²) in [7, 11) is 0. The summed E-state index contributed by atoms with van der Waals surface area (Å²) in [5.41, 5.74) is 1.02. The Morgan fingerprint density at radius 2 is 2.04 bits per heavy atom. The molecule has 0 aliphatic carbocycles. The summed E-state index contributed by atoms with van der Waals surface area (Å²) in [6.07, 6.45) is 7.36. The molecule has 138 valence electrons. The van der Waals surface area contributed by atoms with Crippen molar-refractivity contribution in [2.75, 3.05) is 19.7 Å². The van der Waals surface area contributed by atoms with Gasteiger partial charge in [-0.2, -0.15) is 0 Å². The van der Waals surface area contributed by atoms with Crippen molar-refractivity contribution in [3.63, 3.8) is 0 Å². The Kier molecular flexibility index (Phi) is 5.14. The van der Waals surface area contributed by atoms with Crippen LogP contribution in [0.5, 0.6) is 5.75 Å². The van der Waals surface area contributed by atoms with Gasteiger partial charge in [0, 0.05) is 37.1 Å². The van der Waals surface area contributed by atoms with Gasteiger partial charge in [0.05, 0.1) is 0 Å². The Labute approximate surface area is 158 Å². The highest BCUT2D eigenvalue weighted by Gasteiger charge is 2.26. The molecule has 27 heavy (non-hydrogen) atoms. The first-order chi connectivity index (χ1) is 13.3. The van der Waals surface area contributed by atoms with Crippen LogP contribution in [-0.2, 0) is 4.79 Å². The van der Waals surface area contributed by atoms with Crippen molar-refractivity contribution in [1.29, 1.82) is 0 Å². The highest BCUT2D eigenvalue weighted by atomic mass is 16.5. The minimum Gasteiger partial charge on any atom is -0.484 e. The molecule has 0 N–H and O–H groups in total. The molecule has 1 aromatic carbocycles. The van der Waals surface area contributed by atoms with Crippen molar-refractivity contribution in [2.45, 2.75) is 18.8 Å². The predicted molar refractivity (Wildman–Crippen MR) is 102 cm³/mol. The number of ether oxygens (including phenoxy) is 1. The number of carbonyl (C=O) groups excluding carboxylic acids is 1. The zero-order chi connectivity index (χ0) is 18.5. The number of nitrogens with zero attached hydrogens (tertiary/aromatic N) is 4. The third-order valence-electron chi connectivity index (χ3n) is 4.82. The molecule has 1 unspecified atom stereocenters. The number of hydrogen-bond acceptors (Lipinski definition) is 4. The van der Waals surface area contributed by atoms with E-state index in [1.54, 1.807) is 12.5 Å². The fraction of sp³-hybridized carbons (Fsp3) is 0.286. The second kappa shape index (κ2) is 8.03. The van der Waals surface area contributed by atoms with Crippen LogP contribution in [0.1, 0.15) is 24.5 Å². The minimum absolute atomic E-state index is 0.0225. The number of pyridine rings is 1. The van der Waals surface area contributed by atoms with Gasteiger partial charge in [0.25, 0.3) is 5.91 Å². The van der Waals surface area contributed by atoms with Crippen LogP contribution >= 0.6 is 0 Å². The quantitative estimate of drug-likeness (QED) is 0.700. The molecule has 3 aromatic rings. The van der Waals surface area contributed by atoms with E-state index in [0.717, 1.165) is 30.9 Å². The van der Waals surface area contributed by atoms with E-state index in [-0.39, 0.29) is 18.4 Å². The summed E-state index contributed by atoms with van der Waals surface area (Å²) in [6, 6.07) is 15.5. The molecule has 2 aromatic heterocycles. The Bertz CT molecular complexity index is 880. The van der Waals surface area contributed by atoms with E-state index in [1.807, 2.05) is 64.2 Å². The SMILES string of the molecule is O=C(COc1ccccc1)N1CCCC(c2cccc(-n3ccnc3)n2)C1. The molecule has 0 spiro atoms. The van der Waals surface area contributed by atoms with Crippen molar-refractivity contribution in [1.82, 2.24) is 19.4 Å². The number of para-hydroxylation sites is 1. The standard InChI is InChI=1S/C21H22N4O2/c26-21(15-27-18-7-2-1-3-8-18)24-12-5-6-17(14-24)19-9-4-10-20(23-19)25-13-11-22-16-25/h1-4,7-11,13,16-17H,5-6,12,14-15H2. The smallest absolute Gasteiger partial charge is 0.260 e. The molecule has 3 heterocycles. The lowest BCUT2D eigenvalue weighted by Gasteiger charge is -2.32. The van der Waals surface area contributed by atoms with E-state index in [1.165, 1.54) is 0 Å². The van der Waals surface area contributed by atoms with Crippen LogP contribution in [0.15, 0.2) is 67.3 Å². The number of imidazole rings is 1. The maximum atomic E-state index is 12.6. The maximum Gasteiger partial charge on any atom is 0.260 e.